The lowest BCUT2D eigenvalue weighted by Crippen LogP contribution is -2.72. The number of likely N-dealkylation sites (tertiary alicyclic amines) is 2. The van der Waals surface area contributed by atoms with Crippen LogP contribution in [-0.2, 0) is 6.54 Å². The summed E-state index contributed by atoms with van der Waals surface area (Å²) in [6, 6.07) is 4.40. The third-order valence-electron chi connectivity index (χ3n) is 6.57. The van der Waals surface area contributed by atoms with Crippen molar-refractivity contribution in [2.24, 2.45) is 16.3 Å². The Balaban J connectivity index is 1.43. The smallest absolute Gasteiger partial charge is 0.194 e. The van der Waals surface area contributed by atoms with Gasteiger partial charge in [0, 0.05) is 42.5 Å². The van der Waals surface area contributed by atoms with E-state index in [1.54, 1.807) is 0 Å². The van der Waals surface area contributed by atoms with E-state index in [4.69, 9.17) is 0 Å². The summed E-state index contributed by atoms with van der Waals surface area (Å²) in [4.78, 5) is 11.1. The number of aliphatic imine (C=N–C) groups is 1. The molecule has 0 spiro atoms. The molecule has 0 aliphatic carbocycles. The number of hydrogen-bond acceptors (Lipinski definition) is 3. The van der Waals surface area contributed by atoms with Crippen molar-refractivity contribution in [3.8, 4) is 0 Å². The second-order valence-electron chi connectivity index (χ2n) is 8.76. The molecule has 0 atom stereocenters. The molecule has 0 bridgehead atoms. The zero-order valence-electron chi connectivity index (χ0n) is 16.5. The molecule has 2 saturated heterocycles. The molecule has 3 rings (SSSR count). The second kappa shape index (κ2) is 7.28. The third kappa shape index (κ3) is 3.87. The zero-order valence-corrected chi connectivity index (χ0v) is 17.3. The number of rotatable bonds is 4. The Hall–Kier alpha value is -1.07. The second-order valence-corrected chi connectivity index (χ2v) is 9.79. The van der Waals surface area contributed by atoms with Crippen LogP contribution in [0.4, 0.5) is 0 Å². The molecular weight excluding hydrogens is 328 g/mol. The fourth-order valence-electron chi connectivity index (χ4n) is 3.90. The minimum atomic E-state index is 0.166. The molecule has 25 heavy (non-hydrogen) atoms. The minimum Gasteiger partial charge on any atom is -0.356 e. The quantitative estimate of drug-likeness (QED) is 0.655. The standard InChI is InChI=1S/C20H34N4S/c1-19(2)15-24(20(19,3)4)18(21-5)22-13-16-8-10-23(11-9-16)14-17-7-6-12-25-17/h6-7,12,16H,8-11,13-15H2,1-5H3,(H,21,22). The van der Waals surface area contributed by atoms with E-state index in [-0.39, 0.29) is 5.54 Å². The van der Waals surface area contributed by atoms with Crippen LogP contribution in [0.15, 0.2) is 22.5 Å². The van der Waals surface area contributed by atoms with Crippen molar-refractivity contribution in [1.82, 2.24) is 15.1 Å². The maximum Gasteiger partial charge on any atom is 0.194 e. The first-order valence-corrected chi connectivity index (χ1v) is 10.4. The highest BCUT2D eigenvalue weighted by Crippen LogP contribution is 2.46. The predicted octanol–water partition coefficient (Wildman–Crippen LogP) is 3.66. The molecule has 0 saturated carbocycles. The van der Waals surface area contributed by atoms with Crippen LogP contribution in [0, 0.1) is 11.3 Å². The highest BCUT2D eigenvalue weighted by molar-refractivity contribution is 7.09. The molecule has 0 unspecified atom stereocenters. The van der Waals surface area contributed by atoms with Gasteiger partial charge in [-0.3, -0.25) is 9.89 Å². The van der Waals surface area contributed by atoms with E-state index in [1.807, 2.05) is 18.4 Å². The van der Waals surface area contributed by atoms with E-state index >= 15 is 0 Å². The van der Waals surface area contributed by atoms with Gasteiger partial charge in [0.1, 0.15) is 0 Å². The van der Waals surface area contributed by atoms with Crippen LogP contribution >= 0.6 is 11.3 Å². The van der Waals surface area contributed by atoms with Gasteiger partial charge < -0.3 is 10.2 Å². The first kappa shape index (κ1) is 18.7. The first-order chi connectivity index (χ1) is 11.8. The minimum absolute atomic E-state index is 0.166. The number of hydrogen-bond donors (Lipinski definition) is 1. The van der Waals surface area contributed by atoms with Gasteiger partial charge in [-0.25, -0.2) is 0 Å². The van der Waals surface area contributed by atoms with Crippen molar-refractivity contribution in [2.45, 2.75) is 52.6 Å². The van der Waals surface area contributed by atoms with Crippen molar-refractivity contribution in [2.75, 3.05) is 33.2 Å². The number of nitrogens with zero attached hydrogens (tertiary/aromatic N) is 3. The van der Waals surface area contributed by atoms with Crippen LogP contribution in [0.5, 0.6) is 0 Å². The Morgan fingerprint density at radius 3 is 2.52 bits per heavy atom. The van der Waals surface area contributed by atoms with Gasteiger partial charge >= 0.3 is 0 Å². The van der Waals surface area contributed by atoms with E-state index in [0.717, 1.165) is 31.5 Å². The van der Waals surface area contributed by atoms with Gasteiger partial charge in [0.15, 0.2) is 5.96 Å². The average Bonchev–Trinajstić information content (AvgIpc) is 3.09. The maximum absolute atomic E-state index is 4.54. The summed E-state index contributed by atoms with van der Waals surface area (Å²) in [6.07, 6.45) is 2.56. The van der Waals surface area contributed by atoms with E-state index in [0.29, 0.717) is 5.41 Å². The number of nitrogens with one attached hydrogen (secondary N) is 1. The van der Waals surface area contributed by atoms with Gasteiger partial charge in [-0.05, 0) is 57.1 Å². The fourth-order valence-corrected chi connectivity index (χ4v) is 4.65. The lowest BCUT2D eigenvalue weighted by Gasteiger charge is -2.62. The molecular formula is C20H34N4S. The zero-order chi connectivity index (χ0) is 18.1. The van der Waals surface area contributed by atoms with Crippen LogP contribution in [-0.4, -0.2) is 54.5 Å². The van der Waals surface area contributed by atoms with Crippen LogP contribution in [0.3, 0.4) is 0 Å². The normalized spacial score (nSPS) is 24.2. The Morgan fingerprint density at radius 1 is 1.28 bits per heavy atom. The largest absolute Gasteiger partial charge is 0.356 e. The molecule has 1 aromatic heterocycles. The summed E-state index contributed by atoms with van der Waals surface area (Å²) in [6.45, 7) is 15.0. The molecule has 2 aliphatic rings. The van der Waals surface area contributed by atoms with Crippen LogP contribution in [0.25, 0.3) is 0 Å². The van der Waals surface area contributed by atoms with Crippen molar-refractivity contribution in [3.05, 3.63) is 22.4 Å². The summed E-state index contributed by atoms with van der Waals surface area (Å²) in [5.74, 6) is 1.83. The molecule has 0 amide bonds. The lowest BCUT2D eigenvalue weighted by molar-refractivity contribution is -0.0668. The molecule has 0 aromatic carbocycles. The fraction of sp³-hybridized carbons (Fsp3) is 0.750. The summed E-state index contributed by atoms with van der Waals surface area (Å²) in [5.41, 5.74) is 0.511. The highest BCUT2D eigenvalue weighted by Gasteiger charge is 2.53. The van der Waals surface area contributed by atoms with Crippen LogP contribution in [0.2, 0.25) is 0 Å². The Bertz CT molecular complexity index is 583. The predicted molar refractivity (Wildman–Crippen MR) is 108 cm³/mol. The number of thiophene rings is 1. The molecule has 3 heterocycles. The lowest BCUT2D eigenvalue weighted by atomic mass is 9.65. The van der Waals surface area contributed by atoms with Gasteiger partial charge in [-0.1, -0.05) is 19.9 Å². The van der Waals surface area contributed by atoms with Gasteiger partial charge in [0.05, 0.1) is 0 Å². The maximum atomic E-state index is 4.54. The van der Waals surface area contributed by atoms with E-state index < -0.39 is 0 Å². The van der Waals surface area contributed by atoms with Gasteiger partial charge in [-0.15, -0.1) is 11.3 Å². The van der Waals surface area contributed by atoms with Crippen LogP contribution < -0.4 is 5.32 Å². The topological polar surface area (TPSA) is 30.9 Å². The molecule has 4 nitrogen and oxygen atoms in total. The third-order valence-corrected chi connectivity index (χ3v) is 7.43. The van der Waals surface area contributed by atoms with E-state index in [1.165, 1.54) is 30.8 Å². The molecule has 1 aromatic rings. The molecule has 2 fully saturated rings. The van der Waals surface area contributed by atoms with Crippen LogP contribution in [0.1, 0.15) is 45.4 Å². The van der Waals surface area contributed by atoms with E-state index in [9.17, 15) is 0 Å². The van der Waals surface area contributed by atoms with E-state index in [2.05, 4.69) is 65.3 Å². The molecule has 140 valence electrons. The Kier molecular flexibility index (Phi) is 5.45. The molecule has 5 heteroatoms. The molecule has 1 N–H and O–H groups in total. The van der Waals surface area contributed by atoms with Gasteiger partial charge in [0.25, 0.3) is 0 Å². The van der Waals surface area contributed by atoms with Crippen molar-refractivity contribution < 1.29 is 0 Å². The average molecular weight is 363 g/mol. The summed E-state index contributed by atoms with van der Waals surface area (Å²) in [5, 5.41) is 5.83. The molecule has 0 radical (unpaired) electrons. The van der Waals surface area contributed by atoms with Crippen molar-refractivity contribution in [1.29, 1.82) is 0 Å². The Labute approximate surface area is 157 Å². The molecule has 2 aliphatic heterocycles. The first-order valence-electron chi connectivity index (χ1n) is 9.56. The summed E-state index contributed by atoms with van der Waals surface area (Å²) >= 11 is 1.87. The summed E-state index contributed by atoms with van der Waals surface area (Å²) < 4.78 is 0. The monoisotopic (exact) mass is 362 g/mol. The summed E-state index contributed by atoms with van der Waals surface area (Å²) in [7, 11) is 1.91. The Morgan fingerprint density at radius 2 is 2.00 bits per heavy atom. The number of piperidine rings is 1. The van der Waals surface area contributed by atoms with Crippen molar-refractivity contribution >= 4 is 17.3 Å². The number of guanidine groups is 1. The van der Waals surface area contributed by atoms with Crippen molar-refractivity contribution in [3.63, 3.8) is 0 Å². The van der Waals surface area contributed by atoms with Gasteiger partial charge in [0.2, 0.25) is 0 Å². The van der Waals surface area contributed by atoms with Gasteiger partial charge in [-0.2, -0.15) is 0 Å². The SMILES string of the molecule is CN=C(NCC1CCN(Cc2cccs2)CC1)N1CC(C)(C)C1(C)C. The highest BCUT2D eigenvalue weighted by atomic mass is 32.1.